The van der Waals surface area contributed by atoms with Crippen LogP contribution in [-0.2, 0) is 9.47 Å². The lowest BCUT2D eigenvalue weighted by Gasteiger charge is -2.15. The molecule has 0 aliphatic heterocycles. The number of nitrogens with zero attached hydrogens (tertiary/aromatic N) is 1. The first-order valence-corrected chi connectivity index (χ1v) is 8.25. The highest BCUT2D eigenvalue weighted by atomic mass is 19.1. The lowest BCUT2D eigenvalue weighted by Crippen LogP contribution is -2.10. The number of rotatable bonds is 5. The van der Waals surface area contributed by atoms with Crippen molar-refractivity contribution >= 4 is 34.2 Å². The van der Waals surface area contributed by atoms with Crippen molar-refractivity contribution in [1.29, 1.82) is 0 Å². The molecule has 0 aliphatic rings. The molecule has 0 atom stereocenters. The maximum absolute atomic E-state index is 13.2. The van der Waals surface area contributed by atoms with E-state index in [0.717, 1.165) is 0 Å². The van der Waals surface area contributed by atoms with E-state index in [2.05, 4.69) is 10.3 Å². The van der Waals surface area contributed by atoms with Gasteiger partial charge in [0.15, 0.2) is 0 Å². The smallest absolute Gasteiger partial charge is 0.341 e. The van der Waals surface area contributed by atoms with E-state index >= 15 is 0 Å². The molecular weight excluding hydrogens is 351 g/mol. The number of para-hydroxylation sites is 1. The van der Waals surface area contributed by atoms with Gasteiger partial charge in [-0.3, -0.25) is 4.98 Å². The molecule has 138 valence electrons. The van der Waals surface area contributed by atoms with Gasteiger partial charge in [-0.15, -0.1) is 0 Å². The van der Waals surface area contributed by atoms with E-state index in [1.54, 1.807) is 37.3 Å². The number of benzene rings is 2. The Morgan fingerprint density at radius 3 is 2.48 bits per heavy atom. The second-order valence-electron chi connectivity index (χ2n) is 5.59. The Bertz CT molecular complexity index is 1000. The number of ether oxygens (including phenoxy) is 2. The first-order chi connectivity index (χ1) is 13.0. The van der Waals surface area contributed by atoms with Crippen LogP contribution in [0.25, 0.3) is 10.9 Å². The standard InChI is InChI=1S/C20H17FN2O4/c1-3-27-20(25)16-11-22-17-14(5-4-6-15(17)19(24)26-2)18(16)23-13-9-7-12(21)8-10-13/h4-11H,3H2,1-2H3,(H,22,23). The van der Waals surface area contributed by atoms with Gasteiger partial charge >= 0.3 is 11.9 Å². The first-order valence-electron chi connectivity index (χ1n) is 8.25. The topological polar surface area (TPSA) is 77.5 Å². The largest absolute Gasteiger partial charge is 0.465 e. The number of anilines is 2. The van der Waals surface area contributed by atoms with Crippen LogP contribution in [0.2, 0.25) is 0 Å². The molecule has 0 fully saturated rings. The van der Waals surface area contributed by atoms with Gasteiger partial charge in [-0.05, 0) is 37.3 Å². The van der Waals surface area contributed by atoms with Gasteiger partial charge in [0.2, 0.25) is 0 Å². The maximum atomic E-state index is 13.2. The number of pyridine rings is 1. The summed E-state index contributed by atoms with van der Waals surface area (Å²) in [6, 6.07) is 10.7. The molecule has 27 heavy (non-hydrogen) atoms. The Morgan fingerprint density at radius 1 is 1.07 bits per heavy atom. The lowest BCUT2D eigenvalue weighted by molar-refractivity contribution is 0.0526. The predicted molar refractivity (Wildman–Crippen MR) is 98.7 cm³/mol. The zero-order valence-electron chi connectivity index (χ0n) is 14.8. The highest BCUT2D eigenvalue weighted by molar-refractivity contribution is 6.11. The Morgan fingerprint density at radius 2 is 1.81 bits per heavy atom. The van der Waals surface area contributed by atoms with Crippen molar-refractivity contribution in [2.75, 3.05) is 19.0 Å². The molecule has 3 rings (SSSR count). The van der Waals surface area contributed by atoms with Crippen molar-refractivity contribution < 1.29 is 23.5 Å². The molecule has 7 heteroatoms. The van der Waals surface area contributed by atoms with Crippen LogP contribution in [-0.4, -0.2) is 30.6 Å². The zero-order chi connectivity index (χ0) is 19.4. The fourth-order valence-electron chi connectivity index (χ4n) is 2.67. The molecule has 0 bridgehead atoms. The second-order valence-corrected chi connectivity index (χ2v) is 5.59. The molecule has 3 aromatic rings. The van der Waals surface area contributed by atoms with Gasteiger partial charge < -0.3 is 14.8 Å². The van der Waals surface area contributed by atoms with Crippen molar-refractivity contribution in [1.82, 2.24) is 4.98 Å². The van der Waals surface area contributed by atoms with Crippen molar-refractivity contribution in [3.05, 3.63) is 65.6 Å². The van der Waals surface area contributed by atoms with E-state index in [4.69, 9.17) is 9.47 Å². The fraction of sp³-hybridized carbons (Fsp3) is 0.150. The number of fused-ring (bicyclic) bond motifs is 1. The Kier molecular flexibility index (Phi) is 5.30. The van der Waals surface area contributed by atoms with Crippen molar-refractivity contribution in [2.24, 2.45) is 0 Å². The molecule has 0 saturated heterocycles. The van der Waals surface area contributed by atoms with Crippen molar-refractivity contribution in [2.45, 2.75) is 6.92 Å². The number of methoxy groups -OCH3 is 1. The van der Waals surface area contributed by atoms with Gasteiger partial charge in [0, 0.05) is 17.3 Å². The Labute approximate surface area is 154 Å². The molecule has 6 nitrogen and oxygen atoms in total. The van der Waals surface area contributed by atoms with Gasteiger partial charge in [0.25, 0.3) is 0 Å². The number of halogens is 1. The summed E-state index contributed by atoms with van der Waals surface area (Å²) in [6.07, 6.45) is 1.35. The number of hydrogen-bond donors (Lipinski definition) is 1. The van der Waals surface area contributed by atoms with Gasteiger partial charge in [-0.2, -0.15) is 0 Å². The molecule has 2 aromatic carbocycles. The average Bonchev–Trinajstić information content (AvgIpc) is 2.69. The molecule has 0 unspecified atom stereocenters. The molecule has 1 heterocycles. The van der Waals surface area contributed by atoms with E-state index < -0.39 is 11.9 Å². The molecule has 0 saturated carbocycles. The summed E-state index contributed by atoms with van der Waals surface area (Å²) in [5.41, 5.74) is 1.83. The minimum absolute atomic E-state index is 0.203. The summed E-state index contributed by atoms with van der Waals surface area (Å²) < 4.78 is 23.1. The predicted octanol–water partition coefficient (Wildman–Crippen LogP) is 4.08. The van der Waals surface area contributed by atoms with Crippen LogP contribution in [0.4, 0.5) is 15.8 Å². The Hall–Kier alpha value is -3.48. The molecule has 0 radical (unpaired) electrons. The molecule has 0 aliphatic carbocycles. The molecule has 0 spiro atoms. The fourth-order valence-corrected chi connectivity index (χ4v) is 2.67. The summed E-state index contributed by atoms with van der Waals surface area (Å²) in [4.78, 5) is 28.7. The van der Waals surface area contributed by atoms with Crippen LogP contribution in [0.15, 0.2) is 48.7 Å². The van der Waals surface area contributed by atoms with E-state index in [1.807, 2.05) is 0 Å². The lowest BCUT2D eigenvalue weighted by atomic mass is 10.0. The van der Waals surface area contributed by atoms with Crippen LogP contribution >= 0.6 is 0 Å². The van der Waals surface area contributed by atoms with Crippen molar-refractivity contribution in [3.63, 3.8) is 0 Å². The summed E-state index contributed by atoms with van der Waals surface area (Å²) in [5, 5.41) is 3.64. The molecular formula is C20H17FN2O4. The average molecular weight is 368 g/mol. The number of esters is 2. The maximum Gasteiger partial charge on any atom is 0.341 e. The number of hydrogen-bond acceptors (Lipinski definition) is 6. The third kappa shape index (κ3) is 3.72. The summed E-state index contributed by atoms with van der Waals surface area (Å²) in [6.45, 7) is 1.91. The third-order valence-electron chi connectivity index (χ3n) is 3.91. The van der Waals surface area contributed by atoms with Crippen LogP contribution in [0, 0.1) is 5.82 Å². The van der Waals surface area contributed by atoms with E-state index in [0.29, 0.717) is 22.3 Å². The van der Waals surface area contributed by atoms with Crippen molar-refractivity contribution in [3.8, 4) is 0 Å². The quantitative estimate of drug-likeness (QED) is 0.684. The van der Waals surface area contributed by atoms with E-state index in [1.165, 1.54) is 25.4 Å². The summed E-state index contributed by atoms with van der Waals surface area (Å²) in [7, 11) is 1.28. The number of carbonyl (C=O) groups excluding carboxylic acids is 2. The van der Waals surface area contributed by atoms with Gasteiger partial charge in [0.05, 0.1) is 30.5 Å². The van der Waals surface area contributed by atoms with E-state index in [9.17, 15) is 14.0 Å². The second kappa shape index (κ2) is 7.82. The SMILES string of the molecule is CCOC(=O)c1cnc2c(C(=O)OC)cccc2c1Nc1ccc(F)cc1. The highest BCUT2D eigenvalue weighted by Gasteiger charge is 2.20. The Balaban J connectivity index is 2.21. The first kappa shape index (κ1) is 18.3. The summed E-state index contributed by atoms with van der Waals surface area (Å²) in [5.74, 6) is -1.47. The van der Waals surface area contributed by atoms with E-state index in [-0.39, 0.29) is 23.6 Å². The van der Waals surface area contributed by atoms with Gasteiger partial charge in [0.1, 0.15) is 11.4 Å². The molecule has 0 amide bonds. The zero-order valence-corrected chi connectivity index (χ0v) is 14.8. The van der Waals surface area contributed by atoms with Gasteiger partial charge in [-0.1, -0.05) is 12.1 Å². The van der Waals surface area contributed by atoms with Crippen LogP contribution < -0.4 is 5.32 Å². The van der Waals surface area contributed by atoms with Gasteiger partial charge in [-0.25, -0.2) is 14.0 Å². The highest BCUT2D eigenvalue weighted by Crippen LogP contribution is 2.31. The molecule has 1 N–H and O–H groups in total. The molecule has 1 aromatic heterocycles. The number of aromatic nitrogens is 1. The minimum Gasteiger partial charge on any atom is -0.465 e. The normalized spacial score (nSPS) is 10.5. The monoisotopic (exact) mass is 368 g/mol. The van der Waals surface area contributed by atoms with Crippen LogP contribution in [0.5, 0.6) is 0 Å². The van der Waals surface area contributed by atoms with Crippen LogP contribution in [0.3, 0.4) is 0 Å². The number of nitrogens with one attached hydrogen (secondary N) is 1. The summed E-state index contributed by atoms with van der Waals surface area (Å²) >= 11 is 0. The van der Waals surface area contributed by atoms with Crippen LogP contribution in [0.1, 0.15) is 27.6 Å². The minimum atomic E-state index is -0.556. The number of carbonyl (C=O) groups is 2. The third-order valence-corrected chi connectivity index (χ3v) is 3.91.